The molecule has 0 radical (unpaired) electrons. The summed E-state index contributed by atoms with van der Waals surface area (Å²) < 4.78 is 11.2. The molecule has 1 saturated heterocycles. The fraction of sp³-hybridized carbons (Fsp3) is 1.00. The lowest BCUT2D eigenvalue weighted by molar-refractivity contribution is -0.262. The maximum Gasteiger partial charge on any atom is 0.162 e. The van der Waals surface area contributed by atoms with E-state index in [-0.39, 0.29) is 11.3 Å². The minimum Gasteiger partial charge on any atom is -0.350 e. The molecule has 0 atom stereocenters. The van der Waals surface area contributed by atoms with Crippen LogP contribution in [0.3, 0.4) is 0 Å². The van der Waals surface area contributed by atoms with Crippen LogP contribution in [0.4, 0.5) is 0 Å². The zero-order valence-electron chi connectivity index (χ0n) is 9.21. The highest BCUT2D eigenvalue weighted by Crippen LogP contribution is 2.38. The van der Waals surface area contributed by atoms with E-state index in [0.29, 0.717) is 5.92 Å². The highest BCUT2D eigenvalue weighted by molar-refractivity contribution is 4.98. The Morgan fingerprint density at radius 3 is 2.29 bits per heavy atom. The lowest BCUT2D eigenvalue weighted by Gasteiger charge is -2.35. The van der Waals surface area contributed by atoms with Crippen molar-refractivity contribution in [2.24, 2.45) is 11.7 Å². The minimum atomic E-state index is -0.378. The number of nitrogens with two attached hydrogens (primary N) is 1. The van der Waals surface area contributed by atoms with Crippen LogP contribution >= 0.6 is 0 Å². The van der Waals surface area contributed by atoms with Gasteiger partial charge in [0.1, 0.15) is 0 Å². The summed E-state index contributed by atoms with van der Waals surface area (Å²) in [6.07, 6.45) is 4.68. The molecule has 0 spiro atoms. The SMILES string of the molecule is CC1(C)OCC(CCC2(N)CC2)CO1. The molecular weight excluding hydrogens is 178 g/mol. The van der Waals surface area contributed by atoms with Gasteiger partial charge in [-0.2, -0.15) is 0 Å². The molecule has 2 rings (SSSR count). The van der Waals surface area contributed by atoms with Crippen LogP contribution in [-0.2, 0) is 9.47 Å². The van der Waals surface area contributed by atoms with Gasteiger partial charge in [0.15, 0.2) is 5.79 Å². The van der Waals surface area contributed by atoms with Crippen LogP contribution in [0.5, 0.6) is 0 Å². The van der Waals surface area contributed by atoms with E-state index >= 15 is 0 Å². The van der Waals surface area contributed by atoms with Crippen molar-refractivity contribution < 1.29 is 9.47 Å². The van der Waals surface area contributed by atoms with Crippen LogP contribution in [0.1, 0.15) is 39.5 Å². The van der Waals surface area contributed by atoms with E-state index in [9.17, 15) is 0 Å². The molecule has 0 aromatic heterocycles. The highest BCUT2D eigenvalue weighted by Gasteiger charge is 2.38. The Hall–Kier alpha value is -0.120. The smallest absolute Gasteiger partial charge is 0.162 e. The van der Waals surface area contributed by atoms with Crippen LogP contribution in [0, 0.1) is 5.92 Å². The van der Waals surface area contributed by atoms with Crippen LogP contribution in [0.15, 0.2) is 0 Å². The fourth-order valence-electron chi connectivity index (χ4n) is 1.80. The molecule has 3 nitrogen and oxygen atoms in total. The average molecular weight is 199 g/mol. The summed E-state index contributed by atoms with van der Waals surface area (Å²) in [6, 6.07) is 0. The normalized spacial score (nSPS) is 30.2. The molecule has 1 aliphatic heterocycles. The van der Waals surface area contributed by atoms with Gasteiger partial charge in [0.05, 0.1) is 13.2 Å². The third-order valence-corrected chi connectivity index (χ3v) is 3.28. The molecule has 14 heavy (non-hydrogen) atoms. The van der Waals surface area contributed by atoms with E-state index in [2.05, 4.69) is 0 Å². The van der Waals surface area contributed by atoms with E-state index in [1.807, 2.05) is 13.8 Å². The first kappa shape index (κ1) is 10.4. The molecule has 0 bridgehead atoms. The van der Waals surface area contributed by atoms with Crippen molar-refractivity contribution in [3.63, 3.8) is 0 Å². The Bertz CT molecular complexity index is 201. The molecule has 0 aromatic rings. The number of hydrogen-bond acceptors (Lipinski definition) is 3. The summed E-state index contributed by atoms with van der Waals surface area (Å²) in [5.41, 5.74) is 6.21. The summed E-state index contributed by atoms with van der Waals surface area (Å²) in [5.74, 6) is 0.167. The quantitative estimate of drug-likeness (QED) is 0.751. The van der Waals surface area contributed by atoms with E-state index in [4.69, 9.17) is 15.2 Å². The first-order chi connectivity index (χ1) is 6.49. The van der Waals surface area contributed by atoms with Crippen molar-refractivity contribution in [1.82, 2.24) is 0 Å². The first-order valence-corrected chi connectivity index (χ1v) is 5.56. The molecule has 0 amide bonds. The lowest BCUT2D eigenvalue weighted by atomic mass is 9.99. The van der Waals surface area contributed by atoms with Crippen molar-refractivity contribution in [1.29, 1.82) is 0 Å². The number of hydrogen-bond donors (Lipinski definition) is 1. The standard InChI is InChI=1S/C11H21NO2/c1-10(2)13-7-9(8-14-10)3-4-11(12)5-6-11/h9H,3-8,12H2,1-2H3. The number of rotatable bonds is 3. The van der Waals surface area contributed by atoms with Gasteiger partial charge in [-0.05, 0) is 39.5 Å². The van der Waals surface area contributed by atoms with Crippen molar-refractivity contribution >= 4 is 0 Å². The molecule has 2 aliphatic rings. The van der Waals surface area contributed by atoms with Crippen molar-refractivity contribution in [3.05, 3.63) is 0 Å². The highest BCUT2D eigenvalue weighted by atomic mass is 16.7. The maximum atomic E-state index is 6.04. The first-order valence-electron chi connectivity index (χ1n) is 5.56. The van der Waals surface area contributed by atoms with Gasteiger partial charge >= 0.3 is 0 Å². The number of ether oxygens (including phenoxy) is 2. The molecule has 2 fully saturated rings. The molecule has 2 N–H and O–H groups in total. The molecule has 82 valence electrons. The molecule has 1 aliphatic carbocycles. The van der Waals surface area contributed by atoms with Crippen LogP contribution in [0.25, 0.3) is 0 Å². The van der Waals surface area contributed by atoms with Gasteiger partial charge in [0, 0.05) is 11.5 Å². The van der Waals surface area contributed by atoms with Gasteiger partial charge in [-0.25, -0.2) is 0 Å². The second-order valence-corrected chi connectivity index (χ2v) is 5.29. The van der Waals surface area contributed by atoms with E-state index < -0.39 is 0 Å². The Morgan fingerprint density at radius 1 is 1.21 bits per heavy atom. The second-order valence-electron chi connectivity index (χ2n) is 5.29. The third-order valence-electron chi connectivity index (χ3n) is 3.28. The summed E-state index contributed by atoms with van der Waals surface area (Å²) in [5, 5.41) is 0. The zero-order chi connectivity index (χ0) is 10.2. The Labute approximate surface area is 85.9 Å². The van der Waals surface area contributed by atoms with Crippen LogP contribution in [0.2, 0.25) is 0 Å². The van der Waals surface area contributed by atoms with Crippen LogP contribution < -0.4 is 5.73 Å². The molecule has 3 heteroatoms. The zero-order valence-corrected chi connectivity index (χ0v) is 9.21. The molecule has 1 saturated carbocycles. The van der Waals surface area contributed by atoms with E-state index in [1.165, 1.54) is 12.8 Å². The van der Waals surface area contributed by atoms with E-state index in [0.717, 1.165) is 26.1 Å². The van der Waals surface area contributed by atoms with Crippen molar-refractivity contribution in [2.75, 3.05) is 13.2 Å². The molecule has 0 unspecified atom stereocenters. The minimum absolute atomic E-state index is 0.174. The Balaban J connectivity index is 1.68. The third kappa shape index (κ3) is 2.69. The van der Waals surface area contributed by atoms with Crippen LogP contribution in [-0.4, -0.2) is 24.5 Å². The fourth-order valence-corrected chi connectivity index (χ4v) is 1.80. The van der Waals surface area contributed by atoms with Gasteiger partial charge in [0.2, 0.25) is 0 Å². The molecular formula is C11H21NO2. The largest absolute Gasteiger partial charge is 0.350 e. The van der Waals surface area contributed by atoms with E-state index in [1.54, 1.807) is 0 Å². The Morgan fingerprint density at radius 2 is 1.79 bits per heavy atom. The van der Waals surface area contributed by atoms with Gasteiger partial charge in [-0.15, -0.1) is 0 Å². The monoisotopic (exact) mass is 199 g/mol. The predicted octanol–water partition coefficient (Wildman–Crippen LogP) is 1.66. The van der Waals surface area contributed by atoms with Gasteiger partial charge < -0.3 is 15.2 Å². The van der Waals surface area contributed by atoms with Crippen molar-refractivity contribution in [2.45, 2.75) is 50.9 Å². The predicted molar refractivity (Wildman–Crippen MR) is 54.9 cm³/mol. The molecule has 0 aromatic carbocycles. The van der Waals surface area contributed by atoms with Crippen molar-refractivity contribution in [3.8, 4) is 0 Å². The van der Waals surface area contributed by atoms with Gasteiger partial charge in [-0.3, -0.25) is 0 Å². The summed E-state index contributed by atoms with van der Waals surface area (Å²) in [6.45, 7) is 5.58. The van der Waals surface area contributed by atoms with Gasteiger partial charge in [0.25, 0.3) is 0 Å². The average Bonchev–Trinajstić information content (AvgIpc) is 2.83. The summed E-state index contributed by atoms with van der Waals surface area (Å²) >= 11 is 0. The summed E-state index contributed by atoms with van der Waals surface area (Å²) in [7, 11) is 0. The maximum absolute atomic E-state index is 6.04. The summed E-state index contributed by atoms with van der Waals surface area (Å²) in [4.78, 5) is 0. The topological polar surface area (TPSA) is 44.5 Å². The molecule has 1 heterocycles. The second kappa shape index (κ2) is 3.47. The van der Waals surface area contributed by atoms with Gasteiger partial charge in [-0.1, -0.05) is 0 Å². The lowest BCUT2D eigenvalue weighted by Crippen LogP contribution is -2.39. The Kier molecular flexibility index (Phi) is 2.58.